The number of hydrogen-bond acceptors (Lipinski definition) is 7. The molecule has 0 saturated carbocycles. The van der Waals surface area contributed by atoms with Crippen LogP contribution < -0.4 is 18.9 Å². The number of hydrogen-bond donors (Lipinski definition) is 2. The van der Waals surface area contributed by atoms with E-state index in [0.29, 0.717) is 17.1 Å². The molecule has 0 saturated heterocycles. The van der Waals surface area contributed by atoms with Gasteiger partial charge in [0.15, 0.2) is 11.6 Å². The van der Waals surface area contributed by atoms with Crippen LogP contribution in [-0.4, -0.2) is 37.0 Å². The molecule has 0 amide bonds. The van der Waals surface area contributed by atoms with Crippen molar-refractivity contribution < 1.29 is 22.3 Å². The van der Waals surface area contributed by atoms with Gasteiger partial charge in [0.25, 0.3) is 10.2 Å². The maximum absolute atomic E-state index is 14.9. The smallest absolute Gasteiger partial charge is 0.321 e. The van der Waals surface area contributed by atoms with Gasteiger partial charge in [-0.3, -0.25) is 4.72 Å². The zero-order chi connectivity index (χ0) is 22.7. The summed E-state index contributed by atoms with van der Waals surface area (Å²) < 4.78 is 53.9. The molecule has 3 aromatic rings. The SMILES string of the molecule is CNS(=O)(=O)Nc1nccc(CC2=C(C)c3ccc(Oc4ncccn4)cc3OC2)c1F. The van der Waals surface area contributed by atoms with Gasteiger partial charge in [-0.1, -0.05) is 0 Å². The second-order valence-electron chi connectivity index (χ2n) is 6.93. The van der Waals surface area contributed by atoms with Crippen LogP contribution >= 0.6 is 0 Å². The topological polar surface area (TPSA) is 115 Å². The molecule has 0 unspecified atom stereocenters. The molecule has 166 valence electrons. The predicted molar refractivity (Wildman–Crippen MR) is 116 cm³/mol. The van der Waals surface area contributed by atoms with Gasteiger partial charge in [-0.15, -0.1) is 0 Å². The molecule has 1 aromatic carbocycles. The predicted octanol–water partition coefficient (Wildman–Crippen LogP) is 3.09. The number of ether oxygens (including phenoxy) is 2. The molecule has 0 spiro atoms. The summed E-state index contributed by atoms with van der Waals surface area (Å²) in [7, 11) is -2.66. The van der Waals surface area contributed by atoms with Gasteiger partial charge in [0.05, 0.1) is 0 Å². The summed E-state index contributed by atoms with van der Waals surface area (Å²) in [6, 6.07) is 8.83. The summed E-state index contributed by atoms with van der Waals surface area (Å²) in [5.74, 6) is 0.0753. The first-order valence-electron chi connectivity index (χ1n) is 9.61. The molecule has 32 heavy (non-hydrogen) atoms. The van der Waals surface area contributed by atoms with Crippen molar-refractivity contribution in [1.29, 1.82) is 0 Å². The first kappa shape index (κ1) is 21.7. The van der Waals surface area contributed by atoms with Crippen LogP contribution in [0.3, 0.4) is 0 Å². The highest BCUT2D eigenvalue weighted by Gasteiger charge is 2.21. The van der Waals surface area contributed by atoms with Crippen molar-refractivity contribution in [3.8, 4) is 17.5 Å². The van der Waals surface area contributed by atoms with Gasteiger partial charge in [-0.2, -0.15) is 8.42 Å². The Hall–Kier alpha value is -3.57. The van der Waals surface area contributed by atoms with E-state index in [1.807, 2.05) is 13.0 Å². The zero-order valence-electron chi connectivity index (χ0n) is 17.3. The van der Waals surface area contributed by atoms with E-state index in [2.05, 4.69) is 24.4 Å². The van der Waals surface area contributed by atoms with Crippen LogP contribution in [0.15, 0.2) is 54.5 Å². The third kappa shape index (κ3) is 4.68. The van der Waals surface area contributed by atoms with Crippen LogP contribution in [0.25, 0.3) is 5.57 Å². The molecule has 2 N–H and O–H groups in total. The van der Waals surface area contributed by atoms with Crippen molar-refractivity contribution in [2.75, 3.05) is 18.4 Å². The Morgan fingerprint density at radius 3 is 2.69 bits per heavy atom. The summed E-state index contributed by atoms with van der Waals surface area (Å²) in [6.07, 6.45) is 4.77. The molecule has 11 heteroatoms. The Balaban J connectivity index is 1.57. The van der Waals surface area contributed by atoms with Gasteiger partial charge in [0, 0.05) is 43.7 Å². The maximum atomic E-state index is 14.9. The van der Waals surface area contributed by atoms with Gasteiger partial charge in [0.1, 0.15) is 18.1 Å². The average Bonchev–Trinajstić information content (AvgIpc) is 2.79. The Labute approximate surface area is 184 Å². The average molecular weight is 457 g/mol. The summed E-state index contributed by atoms with van der Waals surface area (Å²) >= 11 is 0. The zero-order valence-corrected chi connectivity index (χ0v) is 18.1. The van der Waals surface area contributed by atoms with Crippen molar-refractivity contribution in [3.05, 3.63) is 71.4 Å². The number of fused-ring (bicyclic) bond motifs is 1. The molecule has 0 bridgehead atoms. The Morgan fingerprint density at radius 1 is 1.16 bits per heavy atom. The van der Waals surface area contributed by atoms with E-state index in [9.17, 15) is 12.8 Å². The van der Waals surface area contributed by atoms with Gasteiger partial charge < -0.3 is 9.47 Å². The van der Waals surface area contributed by atoms with E-state index >= 15 is 0 Å². The highest BCUT2D eigenvalue weighted by molar-refractivity contribution is 7.90. The van der Waals surface area contributed by atoms with Crippen molar-refractivity contribution in [2.45, 2.75) is 13.3 Å². The van der Waals surface area contributed by atoms with Gasteiger partial charge in [-0.05, 0) is 47.9 Å². The second kappa shape index (κ2) is 8.89. The molecule has 9 nitrogen and oxygen atoms in total. The Morgan fingerprint density at radius 2 is 1.94 bits per heavy atom. The number of anilines is 1. The highest BCUT2D eigenvalue weighted by atomic mass is 32.2. The monoisotopic (exact) mass is 457 g/mol. The largest absolute Gasteiger partial charge is 0.488 e. The summed E-state index contributed by atoms with van der Waals surface area (Å²) in [4.78, 5) is 11.9. The number of nitrogens with zero attached hydrogens (tertiary/aromatic N) is 3. The lowest BCUT2D eigenvalue weighted by Crippen LogP contribution is -2.27. The molecule has 2 aromatic heterocycles. The molecule has 1 aliphatic rings. The summed E-state index contributed by atoms with van der Waals surface area (Å²) in [6.45, 7) is 2.19. The number of nitrogens with one attached hydrogen (secondary N) is 2. The van der Waals surface area contributed by atoms with E-state index in [4.69, 9.17) is 9.47 Å². The highest BCUT2D eigenvalue weighted by Crippen LogP contribution is 2.37. The fourth-order valence-corrected chi connectivity index (χ4v) is 3.68. The quantitative estimate of drug-likeness (QED) is 0.560. The van der Waals surface area contributed by atoms with E-state index in [1.54, 1.807) is 30.6 Å². The van der Waals surface area contributed by atoms with Crippen molar-refractivity contribution in [2.24, 2.45) is 0 Å². The minimum Gasteiger partial charge on any atom is -0.488 e. The number of rotatable bonds is 7. The lowest BCUT2D eigenvalue weighted by atomic mass is 9.94. The second-order valence-corrected chi connectivity index (χ2v) is 8.55. The van der Waals surface area contributed by atoms with Crippen LogP contribution in [0.1, 0.15) is 18.1 Å². The molecular formula is C21H20FN5O4S. The van der Waals surface area contributed by atoms with Gasteiger partial charge in [0.2, 0.25) is 0 Å². The molecule has 0 atom stereocenters. The fourth-order valence-electron chi connectivity index (χ4n) is 3.19. The van der Waals surface area contributed by atoms with E-state index in [0.717, 1.165) is 16.7 Å². The number of benzene rings is 1. The Kier molecular flexibility index (Phi) is 6.01. The third-order valence-corrected chi connectivity index (χ3v) is 5.91. The maximum Gasteiger partial charge on any atom is 0.321 e. The van der Waals surface area contributed by atoms with Crippen molar-refractivity contribution in [3.63, 3.8) is 0 Å². The van der Waals surface area contributed by atoms with Crippen LogP contribution in [0.5, 0.6) is 17.5 Å². The van der Waals surface area contributed by atoms with Crippen LogP contribution in [0.4, 0.5) is 10.2 Å². The van der Waals surface area contributed by atoms with Gasteiger partial charge in [-0.25, -0.2) is 24.1 Å². The number of allylic oxidation sites excluding steroid dienone is 1. The molecule has 0 radical (unpaired) electrons. The van der Waals surface area contributed by atoms with E-state index in [-0.39, 0.29) is 24.9 Å². The Bertz CT molecular complexity index is 1280. The third-order valence-electron chi connectivity index (χ3n) is 4.91. The first-order chi connectivity index (χ1) is 15.4. The lowest BCUT2D eigenvalue weighted by molar-refractivity contribution is 0.339. The minimum atomic E-state index is -3.88. The van der Waals surface area contributed by atoms with E-state index < -0.39 is 16.0 Å². The summed E-state index contributed by atoms with van der Waals surface area (Å²) in [5, 5.41) is 0. The normalized spacial score (nSPS) is 13.3. The van der Waals surface area contributed by atoms with Crippen LogP contribution in [0.2, 0.25) is 0 Å². The molecule has 0 aliphatic carbocycles. The number of halogens is 1. The standard InChI is InChI=1S/C21H20FN5O4S/c1-13-15(10-14-6-9-24-20(19(14)22)27-32(28,29)23-2)12-30-18-11-16(4-5-17(13)18)31-21-25-7-3-8-26-21/h3-9,11,23H,10,12H2,1-2H3,(H,24,27). The van der Waals surface area contributed by atoms with E-state index in [1.165, 1.54) is 19.3 Å². The van der Waals surface area contributed by atoms with Crippen molar-refractivity contribution in [1.82, 2.24) is 19.7 Å². The molecular weight excluding hydrogens is 437 g/mol. The molecule has 4 rings (SSSR count). The fraction of sp³-hybridized carbons (Fsp3) is 0.190. The van der Waals surface area contributed by atoms with Gasteiger partial charge >= 0.3 is 6.01 Å². The lowest BCUT2D eigenvalue weighted by Gasteiger charge is -2.23. The van der Waals surface area contributed by atoms with Crippen molar-refractivity contribution >= 4 is 21.6 Å². The van der Waals surface area contributed by atoms with Crippen LogP contribution in [-0.2, 0) is 16.6 Å². The molecule has 3 heterocycles. The molecule has 1 aliphatic heterocycles. The molecule has 0 fully saturated rings. The summed E-state index contributed by atoms with van der Waals surface area (Å²) in [5.41, 5.74) is 2.97. The number of aromatic nitrogens is 3. The minimum absolute atomic E-state index is 0.231. The van der Waals surface area contributed by atoms with Crippen LogP contribution in [0, 0.1) is 5.82 Å². The number of pyridine rings is 1. The first-order valence-corrected chi connectivity index (χ1v) is 11.1.